The van der Waals surface area contributed by atoms with E-state index in [4.69, 9.17) is 0 Å². The molecular formula is C9H13NO2. The fourth-order valence-electron chi connectivity index (χ4n) is 0.678. The first-order valence-corrected chi connectivity index (χ1v) is 3.82. The van der Waals surface area contributed by atoms with Crippen LogP contribution >= 0.6 is 0 Å². The van der Waals surface area contributed by atoms with Gasteiger partial charge in [-0.2, -0.15) is 0 Å². The number of carbonyl (C=O) groups is 2. The Bertz CT molecular complexity index is 222. The van der Waals surface area contributed by atoms with Gasteiger partial charge in [-0.25, -0.2) is 0 Å². The molecule has 0 spiro atoms. The molecule has 0 unspecified atom stereocenters. The largest absolute Gasteiger partial charge is 0.355 e. The Morgan fingerprint density at radius 3 is 2.58 bits per heavy atom. The molecule has 0 rings (SSSR count). The van der Waals surface area contributed by atoms with Crippen molar-refractivity contribution >= 4 is 11.7 Å². The van der Waals surface area contributed by atoms with Crippen LogP contribution in [0.2, 0.25) is 0 Å². The summed E-state index contributed by atoms with van der Waals surface area (Å²) in [6.07, 6.45) is 0.611. The molecule has 1 N–H and O–H groups in total. The van der Waals surface area contributed by atoms with E-state index in [0.717, 1.165) is 0 Å². The average Bonchev–Trinajstić information content (AvgIpc) is 1.97. The van der Waals surface area contributed by atoms with Gasteiger partial charge in [0.25, 0.3) is 0 Å². The van der Waals surface area contributed by atoms with E-state index in [1.165, 1.54) is 6.92 Å². The Morgan fingerprint density at radius 1 is 1.42 bits per heavy atom. The maximum atomic E-state index is 10.8. The SMILES string of the molecule is CC#CCCNC(=O)CC(C)=O. The van der Waals surface area contributed by atoms with Crippen LogP contribution < -0.4 is 5.32 Å². The molecule has 0 aromatic carbocycles. The van der Waals surface area contributed by atoms with Crippen LogP contribution in [0.1, 0.15) is 26.7 Å². The number of rotatable bonds is 4. The minimum absolute atomic E-state index is 0.0282. The fourth-order valence-corrected chi connectivity index (χ4v) is 0.678. The highest BCUT2D eigenvalue weighted by atomic mass is 16.2. The summed E-state index contributed by atoms with van der Waals surface area (Å²) in [6.45, 7) is 3.66. The summed E-state index contributed by atoms with van der Waals surface area (Å²) < 4.78 is 0. The third-order valence-corrected chi connectivity index (χ3v) is 1.16. The molecule has 0 aliphatic carbocycles. The van der Waals surface area contributed by atoms with Crippen LogP contribution in [0.5, 0.6) is 0 Å². The number of amides is 1. The van der Waals surface area contributed by atoms with Crippen LogP contribution in [0.25, 0.3) is 0 Å². The Labute approximate surface area is 72.5 Å². The molecule has 3 nitrogen and oxygen atoms in total. The number of carbonyl (C=O) groups excluding carboxylic acids is 2. The van der Waals surface area contributed by atoms with Gasteiger partial charge < -0.3 is 5.32 Å². The monoisotopic (exact) mass is 167 g/mol. The zero-order valence-corrected chi connectivity index (χ0v) is 7.44. The van der Waals surface area contributed by atoms with Gasteiger partial charge in [0, 0.05) is 13.0 Å². The Balaban J connectivity index is 3.42. The third kappa shape index (κ3) is 6.81. The van der Waals surface area contributed by atoms with E-state index in [-0.39, 0.29) is 18.1 Å². The number of Topliss-reactive ketones (excluding diaryl/α,β-unsaturated/α-hetero) is 1. The van der Waals surface area contributed by atoms with Crippen LogP contribution in [0.15, 0.2) is 0 Å². The maximum Gasteiger partial charge on any atom is 0.227 e. The highest BCUT2D eigenvalue weighted by molar-refractivity contribution is 5.96. The molecule has 0 fully saturated rings. The lowest BCUT2D eigenvalue weighted by Crippen LogP contribution is -2.25. The molecular weight excluding hydrogens is 154 g/mol. The Hall–Kier alpha value is -1.30. The lowest BCUT2D eigenvalue weighted by atomic mass is 10.3. The van der Waals surface area contributed by atoms with Gasteiger partial charge in [0.15, 0.2) is 0 Å². The molecule has 0 aliphatic rings. The fraction of sp³-hybridized carbons (Fsp3) is 0.556. The standard InChI is InChI=1S/C9H13NO2/c1-3-4-5-6-10-9(12)7-8(2)11/h5-7H2,1-2H3,(H,10,12). The summed E-state index contributed by atoms with van der Waals surface area (Å²) in [5.74, 6) is 5.18. The smallest absolute Gasteiger partial charge is 0.227 e. The second-order valence-electron chi connectivity index (χ2n) is 2.41. The average molecular weight is 167 g/mol. The Kier molecular flexibility index (Phi) is 5.72. The summed E-state index contributed by atoms with van der Waals surface area (Å²) in [6, 6.07) is 0. The van der Waals surface area contributed by atoms with Crippen molar-refractivity contribution in [2.45, 2.75) is 26.7 Å². The van der Waals surface area contributed by atoms with E-state index < -0.39 is 0 Å². The second kappa shape index (κ2) is 6.41. The van der Waals surface area contributed by atoms with Crippen LogP contribution in [0, 0.1) is 11.8 Å². The normalized spacial score (nSPS) is 8.17. The maximum absolute atomic E-state index is 10.8. The van der Waals surface area contributed by atoms with Gasteiger partial charge in [0.2, 0.25) is 5.91 Å². The van der Waals surface area contributed by atoms with Crippen LogP contribution in [0.4, 0.5) is 0 Å². The lowest BCUT2D eigenvalue weighted by molar-refractivity contribution is -0.127. The molecule has 0 radical (unpaired) electrons. The topological polar surface area (TPSA) is 46.2 Å². The zero-order chi connectivity index (χ0) is 9.40. The van der Waals surface area contributed by atoms with Crippen molar-refractivity contribution in [3.8, 4) is 11.8 Å². The van der Waals surface area contributed by atoms with E-state index in [1.54, 1.807) is 6.92 Å². The highest BCUT2D eigenvalue weighted by Gasteiger charge is 2.02. The van der Waals surface area contributed by atoms with Crippen LogP contribution in [0.3, 0.4) is 0 Å². The second-order valence-corrected chi connectivity index (χ2v) is 2.41. The van der Waals surface area contributed by atoms with Gasteiger partial charge >= 0.3 is 0 Å². The molecule has 0 aromatic heterocycles. The molecule has 0 saturated heterocycles. The summed E-state index contributed by atoms with van der Waals surface area (Å²) in [4.78, 5) is 21.3. The zero-order valence-electron chi connectivity index (χ0n) is 7.44. The van der Waals surface area contributed by atoms with Crippen LogP contribution in [-0.2, 0) is 9.59 Å². The highest BCUT2D eigenvalue weighted by Crippen LogP contribution is 1.81. The minimum atomic E-state index is -0.222. The number of ketones is 1. The van der Waals surface area contributed by atoms with E-state index in [0.29, 0.717) is 13.0 Å². The minimum Gasteiger partial charge on any atom is -0.355 e. The molecule has 3 heteroatoms. The first kappa shape index (κ1) is 10.7. The predicted molar refractivity (Wildman–Crippen MR) is 46.4 cm³/mol. The van der Waals surface area contributed by atoms with Crippen molar-refractivity contribution in [2.75, 3.05) is 6.54 Å². The predicted octanol–water partition coefficient (Wildman–Crippen LogP) is 0.495. The number of hydrogen-bond acceptors (Lipinski definition) is 2. The summed E-state index contributed by atoms with van der Waals surface area (Å²) >= 11 is 0. The molecule has 0 aromatic rings. The van der Waals surface area contributed by atoms with Gasteiger partial charge in [-0.05, 0) is 13.8 Å². The molecule has 66 valence electrons. The van der Waals surface area contributed by atoms with Crippen LogP contribution in [-0.4, -0.2) is 18.2 Å². The quantitative estimate of drug-likeness (QED) is 0.376. The molecule has 0 heterocycles. The van der Waals surface area contributed by atoms with E-state index in [2.05, 4.69) is 17.2 Å². The van der Waals surface area contributed by atoms with Crippen molar-refractivity contribution in [1.29, 1.82) is 0 Å². The van der Waals surface area contributed by atoms with Gasteiger partial charge in [0.1, 0.15) is 5.78 Å². The summed E-state index contributed by atoms with van der Waals surface area (Å²) in [7, 11) is 0. The van der Waals surface area contributed by atoms with Crippen molar-refractivity contribution in [3.05, 3.63) is 0 Å². The third-order valence-electron chi connectivity index (χ3n) is 1.16. The molecule has 0 atom stereocenters. The van der Waals surface area contributed by atoms with Crippen molar-refractivity contribution in [1.82, 2.24) is 5.32 Å². The number of hydrogen-bond donors (Lipinski definition) is 1. The van der Waals surface area contributed by atoms with Gasteiger partial charge in [-0.15, -0.1) is 11.8 Å². The molecule has 0 aliphatic heterocycles. The van der Waals surface area contributed by atoms with Crippen molar-refractivity contribution < 1.29 is 9.59 Å². The Morgan fingerprint density at radius 2 is 2.08 bits per heavy atom. The van der Waals surface area contributed by atoms with Crippen molar-refractivity contribution in [2.24, 2.45) is 0 Å². The molecule has 1 amide bonds. The molecule has 0 bridgehead atoms. The lowest BCUT2D eigenvalue weighted by Gasteiger charge is -1.98. The van der Waals surface area contributed by atoms with Gasteiger partial charge in [-0.1, -0.05) is 0 Å². The summed E-state index contributed by atoms with van der Waals surface area (Å²) in [5.41, 5.74) is 0. The number of nitrogens with one attached hydrogen (secondary N) is 1. The molecule has 0 saturated carbocycles. The van der Waals surface area contributed by atoms with E-state index in [1.807, 2.05) is 0 Å². The van der Waals surface area contributed by atoms with Gasteiger partial charge in [-0.3, -0.25) is 9.59 Å². The van der Waals surface area contributed by atoms with E-state index in [9.17, 15) is 9.59 Å². The van der Waals surface area contributed by atoms with Crippen molar-refractivity contribution in [3.63, 3.8) is 0 Å². The first-order chi connectivity index (χ1) is 5.66. The molecule has 12 heavy (non-hydrogen) atoms. The van der Waals surface area contributed by atoms with Gasteiger partial charge in [0.05, 0.1) is 6.42 Å². The first-order valence-electron chi connectivity index (χ1n) is 3.82. The van der Waals surface area contributed by atoms with E-state index >= 15 is 0 Å². The summed E-state index contributed by atoms with van der Waals surface area (Å²) in [5, 5.41) is 2.59.